The van der Waals surface area contributed by atoms with Crippen LogP contribution in [0.15, 0.2) is 46.2 Å². The molecule has 17 heteroatoms. The van der Waals surface area contributed by atoms with Crippen LogP contribution in [0.25, 0.3) is 15.2 Å². The molecule has 1 aliphatic carbocycles. The summed E-state index contributed by atoms with van der Waals surface area (Å²) in [4.78, 5) is 44.7. The highest BCUT2D eigenvalue weighted by Gasteiger charge is 2.55. The summed E-state index contributed by atoms with van der Waals surface area (Å²) in [6.07, 6.45) is 4.67. The van der Waals surface area contributed by atoms with E-state index in [0.29, 0.717) is 23.4 Å². The van der Waals surface area contributed by atoms with Crippen molar-refractivity contribution in [3.05, 3.63) is 68.6 Å². The molecule has 2 saturated heterocycles. The van der Waals surface area contributed by atoms with Crippen molar-refractivity contribution in [3.63, 3.8) is 0 Å². The number of benzene rings is 1. The molecular formula is C34H39F2N5O8S2. The molecule has 2 bridgehead atoms. The number of fused-ring (bicyclic) bond motifs is 3. The quantitative estimate of drug-likeness (QED) is 0.203. The Labute approximate surface area is 296 Å². The Bertz CT molecular complexity index is 2190. The van der Waals surface area contributed by atoms with Crippen LogP contribution >= 0.6 is 11.3 Å². The van der Waals surface area contributed by atoms with Crippen LogP contribution in [0.3, 0.4) is 0 Å². The molecule has 5 heterocycles. The molecule has 274 valence electrons. The van der Waals surface area contributed by atoms with Gasteiger partial charge in [-0.05, 0) is 72.3 Å². The maximum atomic E-state index is 14.8. The zero-order valence-corrected chi connectivity index (χ0v) is 30.2. The summed E-state index contributed by atoms with van der Waals surface area (Å²) in [5.74, 6) is -1.72. The molecule has 51 heavy (non-hydrogen) atoms. The number of rotatable bonds is 12. The molecule has 7 rings (SSSR count). The molecule has 0 amide bonds. The normalized spacial score (nSPS) is 22.1. The molecule has 3 aromatic heterocycles. The number of carbonyl (C=O) groups is 1. The van der Waals surface area contributed by atoms with E-state index >= 15 is 0 Å². The molecule has 1 aromatic carbocycles. The topological polar surface area (TPSA) is 154 Å². The Morgan fingerprint density at radius 3 is 2.35 bits per heavy atom. The van der Waals surface area contributed by atoms with Crippen LogP contribution in [-0.4, -0.2) is 73.8 Å². The van der Waals surface area contributed by atoms with Gasteiger partial charge in [0.25, 0.3) is 5.56 Å². The van der Waals surface area contributed by atoms with Crippen LogP contribution in [0, 0.1) is 6.92 Å². The lowest BCUT2D eigenvalue weighted by atomic mass is 10.0. The van der Waals surface area contributed by atoms with Crippen molar-refractivity contribution < 1.29 is 36.2 Å². The third kappa shape index (κ3) is 6.46. The lowest BCUT2D eigenvalue weighted by Gasteiger charge is -2.32. The number of halogens is 2. The minimum Gasteiger partial charge on any atom is -0.434 e. The summed E-state index contributed by atoms with van der Waals surface area (Å²) in [5, 5.41) is 9.02. The lowest BCUT2D eigenvalue weighted by molar-refractivity contribution is -0.121. The summed E-state index contributed by atoms with van der Waals surface area (Å²) in [6, 6.07) is 6.20. The number of carbonyl (C=O) groups excluding carboxylic acids is 1. The van der Waals surface area contributed by atoms with Crippen molar-refractivity contribution in [1.82, 2.24) is 24.1 Å². The Balaban J connectivity index is 1.41. The molecule has 2 aliphatic heterocycles. The first-order chi connectivity index (χ1) is 24.1. The number of para-hydroxylation sites is 1. The monoisotopic (exact) mass is 747 g/mol. The Kier molecular flexibility index (Phi) is 9.08. The number of nitrogens with zero attached hydrogens (tertiary/aromatic N) is 5. The molecule has 0 radical (unpaired) electrons. The van der Waals surface area contributed by atoms with E-state index in [-0.39, 0.29) is 59.2 Å². The van der Waals surface area contributed by atoms with Gasteiger partial charge in [0.05, 0.1) is 47.4 Å². The number of thiophene rings is 1. The van der Waals surface area contributed by atoms with Crippen molar-refractivity contribution in [2.45, 2.75) is 114 Å². The fraction of sp³-hybridized carbons (Fsp3) is 0.559. The van der Waals surface area contributed by atoms with E-state index in [9.17, 15) is 31.6 Å². The van der Waals surface area contributed by atoms with Gasteiger partial charge in [0.15, 0.2) is 15.6 Å². The van der Waals surface area contributed by atoms with E-state index in [0.717, 1.165) is 28.7 Å². The number of sulfone groups is 1. The first-order valence-electron chi connectivity index (χ1n) is 16.9. The minimum atomic E-state index is -3.95. The second kappa shape index (κ2) is 13.0. The Hall–Kier alpha value is -3.80. The van der Waals surface area contributed by atoms with Crippen LogP contribution in [-0.2, 0) is 36.2 Å². The van der Waals surface area contributed by atoms with Gasteiger partial charge in [-0.2, -0.15) is 19.0 Å². The van der Waals surface area contributed by atoms with Crippen LogP contribution < -0.4 is 16.0 Å². The van der Waals surface area contributed by atoms with Gasteiger partial charge >= 0.3 is 12.3 Å². The number of alkyl halides is 2. The SMILES string of the molecule is Cc1c(-n2nccn2)sc2c1c(=O)n(C1(C(=O)CS(=O)(=O)C(C)(C)C)CC1)c(=O)n2C[C@H](OC1C[C@H]2CC[C@@H](C1)O2)c1ccccc1OC(F)F. The van der Waals surface area contributed by atoms with Gasteiger partial charge in [-0.1, -0.05) is 29.5 Å². The largest absolute Gasteiger partial charge is 0.434 e. The molecule has 3 fully saturated rings. The molecule has 3 aliphatic rings. The number of aryl methyl sites for hydroxylation is 1. The number of ether oxygens (including phenoxy) is 3. The van der Waals surface area contributed by atoms with Crippen molar-refractivity contribution in [2.24, 2.45) is 0 Å². The molecule has 1 saturated carbocycles. The first-order valence-corrected chi connectivity index (χ1v) is 19.3. The Morgan fingerprint density at radius 2 is 1.75 bits per heavy atom. The summed E-state index contributed by atoms with van der Waals surface area (Å²) in [6.45, 7) is 2.76. The van der Waals surface area contributed by atoms with Gasteiger partial charge in [-0.15, -0.1) is 4.80 Å². The standard InChI is InChI=1S/C34H39F2N5O8S2/c1-19-27-28(43)40(34(11-12-34)26(42)18-51(45,46)33(2,3)4)32(44)39(30(27)50-29(19)41-37-13-14-38-41)17-25(23-7-5-6-8-24(23)49-31(35)36)48-22-15-20-9-10-21(16-22)47-20/h5-8,13-14,20-22,25,31H,9-12,15-18H2,1-4H3/t20-,21+,22?,25-/m0/s1. The van der Waals surface area contributed by atoms with E-state index in [4.69, 9.17) is 14.2 Å². The van der Waals surface area contributed by atoms with Gasteiger partial charge in [0.2, 0.25) is 0 Å². The third-order valence-electron chi connectivity index (χ3n) is 10.1. The van der Waals surface area contributed by atoms with Gasteiger partial charge in [0.1, 0.15) is 33.0 Å². The highest BCUT2D eigenvalue weighted by molar-refractivity contribution is 7.93. The second-order valence-corrected chi connectivity index (χ2v) is 18.2. The highest BCUT2D eigenvalue weighted by Crippen LogP contribution is 2.45. The van der Waals surface area contributed by atoms with Crippen molar-refractivity contribution in [1.29, 1.82) is 0 Å². The molecule has 13 nitrogen and oxygen atoms in total. The van der Waals surface area contributed by atoms with Gasteiger partial charge < -0.3 is 14.2 Å². The summed E-state index contributed by atoms with van der Waals surface area (Å²) in [7, 11) is -3.95. The van der Waals surface area contributed by atoms with Crippen molar-refractivity contribution in [2.75, 3.05) is 5.75 Å². The van der Waals surface area contributed by atoms with Crippen LogP contribution in [0.5, 0.6) is 5.75 Å². The fourth-order valence-corrected chi connectivity index (χ4v) is 9.40. The van der Waals surface area contributed by atoms with Gasteiger partial charge in [-0.25, -0.2) is 17.8 Å². The number of ketones is 1. The summed E-state index contributed by atoms with van der Waals surface area (Å²) < 4.78 is 72.2. The Morgan fingerprint density at radius 1 is 1.10 bits per heavy atom. The van der Waals surface area contributed by atoms with Gasteiger partial charge in [0, 0.05) is 11.1 Å². The van der Waals surface area contributed by atoms with Crippen molar-refractivity contribution in [3.8, 4) is 10.8 Å². The number of Topliss-reactive ketones (excluding diaryl/α,β-unsaturated/α-hetero) is 1. The number of hydrogen-bond acceptors (Lipinski definition) is 11. The number of aromatic nitrogens is 5. The predicted octanol–water partition coefficient (Wildman–Crippen LogP) is 4.45. The smallest absolute Gasteiger partial charge is 0.387 e. The second-order valence-electron chi connectivity index (χ2n) is 14.5. The van der Waals surface area contributed by atoms with Gasteiger partial charge in [-0.3, -0.25) is 14.2 Å². The molecule has 0 spiro atoms. The van der Waals surface area contributed by atoms with E-state index in [1.54, 1.807) is 25.1 Å². The van der Waals surface area contributed by atoms with E-state index in [2.05, 4.69) is 10.2 Å². The molecule has 1 unspecified atom stereocenters. The maximum Gasteiger partial charge on any atom is 0.387 e. The lowest BCUT2D eigenvalue weighted by Crippen LogP contribution is -2.51. The van der Waals surface area contributed by atoms with E-state index in [1.807, 2.05) is 0 Å². The highest BCUT2D eigenvalue weighted by atomic mass is 32.2. The average Bonchev–Trinajstić information content (AvgIpc) is 3.32. The molecule has 0 N–H and O–H groups in total. The van der Waals surface area contributed by atoms with Crippen LogP contribution in [0.4, 0.5) is 8.78 Å². The zero-order chi connectivity index (χ0) is 36.5. The van der Waals surface area contributed by atoms with Crippen LogP contribution in [0.1, 0.15) is 76.5 Å². The molecular weight excluding hydrogens is 709 g/mol. The molecule has 4 atom stereocenters. The summed E-state index contributed by atoms with van der Waals surface area (Å²) in [5.41, 5.74) is -2.54. The van der Waals surface area contributed by atoms with E-state index < -0.39 is 55.6 Å². The van der Waals surface area contributed by atoms with Crippen molar-refractivity contribution >= 4 is 37.2 Å². The summed E-state index contributed by atoms with van der Waals surface area (Å²) >= 11 is 1.09. The first kappa shape index (κ1) is 35.6. The number of hydrogen-bond donors (Lipinski definition) is 0. The van der Waals surface area contributed by atoms with E-state index in [1.165, 1.54) is 48.6 Å². The molecule has 4 aromatic rings. The maximum absolute atomic E-state index is 14.8. The third-order valence-corrected chi connectivity index (χ3v) is 13.9. The van der Waals surface area contributed by atoms with Crippen LogP contribution in [0.2, 0.25) is 0 Å². The fourth-order valence-electron chi connectivity index (χ4n) is 7.14. The predicted molar refractivity (Wildman–Crippen MR) is 184 cm³/mol. The minimum absolute atomic E-state index is 0.00696. The zero-order valence-electron chi connectivity index (χ0n) is 28.6. The average molecular weight is 748 g/mol.